The second-order valence-corrected chi connectivity index (χ2v) is 11.2. The van der Waals surface area contributed by atoms with Gasteiger partial charge in [-0.15, -0.1) is 6.42 Å². The van der Waals surface area contributed by atoms with Gasteiger partial charge in [0.1, 0.15) is 0 Å². The number of carbonyl (C=O) groups excluding carboxylic acids is 1. The molecule has 1 fully saturated rings. The number of aromatic nitrogens is 1. The maximum Gasteiger partial charge on any atom is 0.279 e. The van der Waals surface area contributed by atoms with Gasteiger partial charge in [0.2, 0.25) is 10.0 Å². The van der Waals surface area contributed by atoms with Gasteiger partial charge in [-0.05, 0) is 55.2 Å². The lowest BCUT2D eigenvalue weighted by Gasteiger charge is -2.30. The summed E-state index contributed by atoms with van der Waals surface area (Å²) in [5.74, 6) is 2.43. The summed E-state index contributed by atoms with van der Waals surface area (Å²) in [7, 11) is -3.58. The van der Waals surface area contributed by atoms with Gasteiger partial charge < -0.3 is 4.57 Å². The van der Waals surface area contributed by atoms with Gasteiger partial charge in [-0.1, -0.05) is 41.8 Å². The molecule has 1 atom stereocenters. The van der Waals surface area contributed by atoms with Gasteiger partial charge in [-0.2, -0.15) is 9.30 Å². The van der Waals surface area contributed by atoms with Crippen LogP contribution in [0.25, 0.3) is 10.2 Å². The second-order valence-electron chi connectivity index (χ2n) is 7.81. The molecular weight excluding hydrogens is 466 g/mol. The molecule has 1 aliphatic rings. The van der Waals surface area contributed by atoms with E-state index in [-0.39, 0.29) is 11.4 Å². The summed E-state index contributed by atoms with van der Waals surface area (Å²) in [5, 5.41) is 0.532. The number of hydrogen-bond donors (Lipinski definition) is 0. The van der Waals surface area contributed by atoms with Crippen molar-refractivity contribution in [1.82, 2.24) is 8.87 Å². The SMILES string of the molecule is C#CCn1c(=NC(=O)c2ccc(S(=O)(=O)N3CCCC(C)C3)cc2)sc2cccc(Cl)c21. The number of halogens is 1. The van der Waals surface area contributed by atoms with Crippen LogP contribution in [0, 0.1) is 18.3 Å². The third-order valence-electron chi connectivity index (χ3n) is 5.46. The molecule has 0 bridgehead atoms. The topological polar surface area (TPSA) is 71.7 Å². The first-order valence-corrected chi connectivity index (χ1v) is 12.9. The quantitative estimate of drug-likeness (QED) is 0.519. The predicted octanol–water partition coefficient (Wildman–Crippen LogP) is 4.15. The highest BCUT2D eigenvalue weighted by atomic mass is 35.5. The number of sulfonamides is 1. The van der Waals surface area contributed by atoms with Gasteiger partial charge in [0.15, 0.2) is 4.80 Å². The lowest BCUT2D eigenvalue weighted by Crippen LogP contribution is -2.39. The maximum absolute atomic E-state index is 12.9. The molecule has 6 nitrogen and oxygen atoms in total. The standard InChI is InChI=1S/C23H22ClN3O3S2/c1-3-13-27-21-19(24)7-4-8-20(21)31-23(27)25-22(28)17-9-11-18(12-10-17)32(29,30)26-14-5-6-16(2)15-26/h1,4,7-12,16H,5-6,13-15H2,2H3. The molecule has 166 valence electrons. The predicted molar refractivity (Wildman–Crippen MR) is 127 cm³/mol. The number of carbonyl (C=O) groups is 1. The van der Waals surface area contributed by atoms with Gasteiger partial charge in [0.25, 0.3) is 5.91 Å². The van der Waals surface area contributed by atoms with Crippen molar-refractivity contribution < 1.29 is 13.2 Å². The number of thiazole rings is 1. The third-order valence-corrected chi connectivity index (χ3v) is 8.69. The Bertz CT molecular complexity index is 1380. The van der Waals surface area contributed by atoms with Crippen molar-refractivity contribution in [3.05, 3.63) is 57.9 Å². The highest BCUT2D eigenvalue weighted by molar-refractivity contribution is 7.89. The minimum absolute atomic E-state index is 0.180. The number of rotatable bonds is 4. The van der Waals surface area contributed by atoms with Crippen LogP contribution in [0.1, 0.15) is 30.1 Å². The molecular formula is C23H22ClN3O3S2. The molecule has 1 aliphatic heterocycles. The van der Waals surface area contributed by atoms with Crippen LogP contribution in [0.4, 0.5) is 0 Å². The first kappa shape index (κ1) is 22.7. The summed E-state index contributed by atoms with van der Waals surface area (Å²) in [5.41, 5.74) is 1.03. The lowest BCUT2D eigenvalue weighted by atomic mass is 10.0. The van der Waals surface area contributed by atoms with E-state index < -0.39 is 15.9 Å². The van der Waals surface area contributed by atoms with E-state index in [0.717, 1.165) is 23.1 Å². The lowest BCUT2D eigenvalue weighted by molar-refractivity contribution is 0.0998. The van der Waals surface area contributed by atoms with Crippen molar-refractivity contribution in [2.45, 2.75) is 31.2 Å². The van der Waals surface area contributed by atoms with Gasteiger partial charge in [-0.25, -0.2) is 8.42 Å². The molecule has 0 saturated carbocycles. The molecule has 0 N–H and O–H groups in total. The van der Waals surface area contributed by atoms with Crippen molar-refractivity contribution in [1.29, 1.82) is 0 Å². The second kappa shape index (κ2) is 9.20. The van der Waals surface area contributed by atoms with E-state index in [1.165, 1.54) is 39.9 Å². The summed E-state index contributed by atoms with van der Waals surface area (Å²) in [6.45, 7) is 3.31. The Hall–Kier alpha value is -2.44. The third kappa shape index (κ3) is 4.39. The zero-order chi connectivity index (χ0) is 22.9. The number of piperidine rings is 1. The Morgan fingerprint density at radius 3 is 2.72 bits per heavy atom. The van der Waals surface area contributed by atoms with Crippen molar-refractivity contribution in [3.63, 3.8) is 0 Å². The molecule has 32 heavy (non-hydrogen) atoms. The fourth-order valence-electron chi connectivity index (χ4n) is 3.84. The number of amides is 1. The summed E-state index contributed by atoms with van der Waals surface area (Å²) in [4.78, 5) is 17.7. The van der Waals surface area contributed by atoms with Crippen LogP contribution in [-0.4, -0.2) is 36.3 Å². The Morgan fingerprint density at radius 1 is 1.28 bits per heavy atom. The molecule has 1 amide bonds. The highest BCUT2D eigenvalue weighted by Crippen LogP contribution is 2.26. The first-order valence-electron chi connectivity index (χ1n) is 10.2. The van der Waals surface area contributed by atoms with Crippen LogP contribution in [-0.2, 0) is 16.6 Å². The molecule has 3 aromatic rings. The molecule has 0 radical (unpaired) electrons. The van der Waals surface area contributed by atoms with Crippen molar-refractivity contribution in [2.24, 2.45) is 10.9 Å². The number of hydrogen-bond acceptors (Lipinski definition) is 4. The Kier molecular flexibility index (Phi) is 6.54. The number of para-hydroxylation sites is 1. The molecule has 0 spiro atoms. The zero-order valence-electron chi connectivity index (χ0n) is 17.5. The van der Waals surface area contributed by atoms with Crippen LogP contribution in [0.15, 0.2) is 52.4 Å². The molecule has 0 aliphatic carbocycles. The summed E-state index contributed by atoms with van der Waals surface area (Å²) in [6, 6.07) is 11.4. The highest BCUT2D eigenvalue weighted by Gasteiger charge is 2.28. The molecule has 2 heterocycles. The van der Waals surface area contributed by atoms with E-state index >= 15 is 0 Å². The monoisotopic (exact) mass is 487 g/mol. The van der Waals surface area contributed by atoms with E-state index in [1.54, 1.807) is 10.6 Å². The van der Waals surface area contributed by atoms with Crippen LogP contribution in [0.2, 0.25) is 5.02 Å². The number of terminal acetylenes is 1. The smallest absolute Gasteiger partial charge is 0.279 e. The molecule has 2 aromatic carbocycles. The first-order chi connectivity index (χ1) is 15.3. The Balaban J connectivity index is 1.65. The minimum Gasteiger partial charge on any atom is -0.303 e. The number of benzene rings is 2. The molecule has 4 rings (SSSR count). The number of nitrogens with zero attached hydrogens (tertiary/aromatic N) is 3. The Morgan fingerprint density at radius 2 is 2.03 bits per heavy atom. The molecule has 1 aromatic heterocycles. The van der Waals surface area contributed by atoms with Crippen LogP contribution in [0.5, 0.6) is 0 Å². The number of fused-ring (bicyclic) bond motifs is 1. The summed E-state index contributed by atoms with van der Waals surface area (Å²) < 4.78 is 30.0. The Labute approximate surface area is 196 Å². The average molecular weight is 488 g/mol. The maximum atomic E-state index is 12.9. The van der Waals surface area contributed by atoms with Crippen molar-refractivity contribution in [2.75, 3.05) is 13.1 Å². The van der Waals surface area contributed by atoms with Crippen LogP contribution in [0.3, 0.4) is 0 Å². The van der Waals surface area contributed by atoms with E-state index in [9.17, 15) is 13.2 Å². The van der Waals surface area contributed by atoms with Crippen molar-refractivity contribution in [3.8, 4) is 12.3 Å². The minimum atomic E-state index is -3.58. The van der Waals surface area contributed by atoms with E-state index in [4.69, 9.17) is 18.0 Å². The fourth-order valence-corrected chi connectivity index (χ4v) is 6.83. The fraction of sp³-hybridized carbons (Fsp3) is 0.304. The van der Waals surface area contributed by atoms with E-state index in [0.29, 0.717) is 34.4 Å². The van der Waals surface area contributed by atoms with Crippen molar-refractivity contribution >= 4 is 49.1 Å². The van der Waals surface area contributed by atoms with Crippen LogP contribution >= 0.6 is 22.9 Å². The van der Waals surface area contributed by atoms with Crippen LogP contribution < -0.4 is 4.80 Å². The molecule has 1 saturated heterocycles. The molecule has 9 heteroatoms. The average Bonchev–Trinajstić information content (AvgIpc) is 3.12. The normalized spacial score (nSPS) is 18.0. The molecule has 1 unspecified atom stereocenters. The van der Waals surface area contributed by atoms with Gasteiger partial charge in [0.05, 0.1) is 26.7 Å². The zero-order valence-corrected chi connectivity index (χ0v) is 19.9. The van der Waals surface area contributed by atoms with Gasteiger partial charge in [-0.3, -0.25) is 4.79 Å². The largest absolute Gasteiger partial charge is 0.303 e. The van der Waals surface area contributed by atoms with Gasteiger partial charge >= 0.3 is 0 Å². The van der Waals surface area contributed by atoms with Gasteiger partial charge in [0, 0.05) is 18.7 Å². The van der Waals surface area contributed by atoms with E-state index in [2.05, 4.69) is 17.8 Å². The summed E-state index contributed by atoms with van der Waals surface area (Å²) >= 11 is 7.65. The summed E-state index contributed by atoms with van der Waals surface area (Å²) in [6.07, 6.45) is 7.39. The van der Waals surface area contributed by atoms with E-state index in [1.807, 2.05) is 12.1 Å².